The quantitative estimate of drug-likeness (QED) is 0.867. The van der Waals surface area contributed by atoms with E-state index < -0.39 is 0 Å². The summed E-state index contributed by atoms with van der Waals surface area (Å²) in [6, 6.07) is 16.3. The molecule has 1 aliphatic rings. The molecule has 4 heteroatoms. The molecule has 23 heavy (non-hydrogen) atoms. The lowest BCUT2D eigenvalue weighted by atomic mass is 9.72. The molecule has 3 nitrogen and oxygen atoms in total. The summed E-state index contributed by atoms with van der Waals surface area (Å²) in [5.41, 5.74) is 1.95. The molecule has 0 saturated heterocycles. The van der Waals surface area contributed by atoms with Crippen LogP contribution in [0.15, 0.2) is 54.6 Å². The van der Waals surface area contributed by atoms with E-state index >= 15 is 0 Å². The van der Waals surface area contributed by atoms with Gasteiger partial charge in [-0.1, -0.05) is 42.5 Å². The Labute approximate surface area is 135 Å². The zero-order valence-corrected chi connectivity index (χ0v) is 13.0. The van der Waals surface area contributed by atoms with E-state index in [2.05, 4.69) is 22.8 Å². The Kier molecular flexibility index (Phi) is 4.60. The molecule has 2 aromatic rings. The molecule has 120 valence electrons. The van der Waals surface area contributed by atoms with Crippen molar-refractivity contribution in [2.45, 2.75) is 31.2 Å². The predicted molar refractivity (Wildman–Crippen MR) is 88.6 cm³/mol. The van der Waals surface area contributed by atoms with Gasteiger partial charge in [0.15, 0.2) is 0 Å². The Balaban J connectivity index is 1.51. The van der Waals surface area contributed by atoms with Crippen LogP contribution in [0.5, 0.6) is 0 Å². The van der Waals surface area contributed by atoms with Gasteiger partial charge in [0.05, 0.1) is 5.54 Å². The minimum Gasteiger partial charge on any atom is -0.338 e. The van der Waals surface area contributed by atoms with Crippen LogP contribution in [0.2, 0.25) is 0 Å². The summed E-state index contributed by atoms with van der Waals surface area (Å²) < 4.78 is 12.8. The minimum absolute atomic E-state index is 0.143. The SMILES string of the molecule is O=C(NCCc1ccc(F)cc1)NC1(c2ccccc2)CCC1. The van der Waals surface area contributed by atoms with Gasteiger partial charge in [-0.2, -0.15) is 0 Å². The molecule has 2 N–H and O–H groups in total. The summed E-state index contributed by atoms with van der Waals surface area (Å²) in [7, 11) is 0. The number of amides is 2. The maximum atomic E-state index is 12.8. The van der Waals surface area contributed by atoms with Crippen molar-refractivity contribution in [3.8, 4) is 0 Å². The van der Waals surface area contributed by atoms with Gasteiger partial charge >= 0.3 is 6.03 Å². The second kappa shape index (κ2) is 6.82. The first-order chi connectivity index (χ1) is 11.2. The summed E-state index contributed by atoms with van der Waals surface area (Å²) in [5, 5.41) is 6.03. The van der Waals surface area contributed by atoms with Crippen molar-refractivity contribution < 1.29 is 9.18 Å². The van der Waals surface area contributed by atoms with E-state index in [9.17, 15) is 9.18 Å². The molecular formula is C19H21FN2O. The molecule has 1 fully saturated rings. The maximum absolute atomic E-state index is 12.8. The summed E-state index contributed by atoms with van der Waals surface area (Å²) in [4.78, 5) is 12.2. The van der Waals surface area contributed by atoms with E-state index in [4.69, 9.17) is 0 Å². The first kappa shape index (κ1) is 15.5. The van der Waals surface area contributed by atoms with Crippen LogP contribution in [0.25, 0.3) is 0 Å². The number of benzene rings is 2. The average Bonchev–Trinajstić information content (AvgIpc) is 2.54. The molecule has 0 radical (unpaired) electrons. The van der Waals surface area contributed by atoms with Crippen LogP contribution in [0, 0.1) is 5.82 Å². The fourth-order valence-corrected chi connectivity index (χ4v) is 3.01. The van der Waals surface area contributed by atoms with E-state index in [0.29, 0.717) is 13.0 Å². The van der Waals surface area contributed by atoms with E-state index in [-0.39, 0.29) is 17.4 Å². The third-order valence-corrected chi connectivity index (χ3v) is 4.50. The highest BCUT2D eigenvalue weighted by Gasteiger charge is 2.39. The van der Waals surface area contributed by atoms with E-state index in [1.54, 1.807) is 12.1 Å². The maximum Gasteiger partial charge on any atom is 0.315 e. The van der Waals surface area contributed by atoms with Gasteiger partial charge in [0.2, 0.25) is 0 Å². The van der Waals surface area contributed by atoms with Gasteiger partial charge in [0.25, 0.3) is 0 Å². The molecule has 1 aliphatic carbocycles. The van der Waals surface area contributed by atoms with Crippen molar-refractivity contribution in [2.75, 3.05) is 6.54 Å². The second-order valence-corrected chi connectivity index (χ2v) is 6.06. The van der Waals surface area contributed by atoms with Crippen LogP contribution in [0.4, 0.5) is 9.18 Å². The van der Waals surface area contributed by atoms with Gasteiger partial charge in [-0.25, -0.2) is 9.18 Å². The van der Waals surface area contributed by atoms with E-state index in [0.717, 1.165) is 24.8 Å². The Morgan fingerprint density at radius 2 is 1.74 bits per heavy atom. The van der Waals surface area contributed by atoms with Crippen LogP contribution >= 0.6 is 0 Å². The Hall–Kier alpha value is -2.36. The smallest absolute Gasteiger partial charge is 0.315 e. The molecular weight excluding hydrogens is 291 g/mol. The number of urea groups is 1. The zero-order valence-electron chi connectivity index (χ0n) is 13.0. The molecule has 0 atom stereocenters. The van der Waals surface area contributed by atoms with Gasteiger partial charge in [0.1, 0.15) is 5.82 Å². The number of rotatable bonds is 5. The molecule has 1 saturated carbocycles. The van der Waals surface area contributed by atoms with Crippen LogP contribution in [-0.4, -0.2) is 12.6 Å². The number of hydrogen-bond donors (Lipinski definition) is 2. The van der Waals surface area contributed by atoms with Crippen LogP contribution in [0.3, 0.4) is 0 Å². The Bertz CT molecular complexity index is 651. The molecule has 0 heterocycles. The molecule has 2 amide bonds. The van der Waals surface area contributed by atoms with Gasteiger partial charge in [0, 0.05) is 6.54 Å². The largest absolute Gasteiger partial charge is 0.338 e. The lowest BCUT2D eigenvalue weighted by Gasteiger charge is -2.43. The number of halogens is 1. The van der Waals surface area contributed by atoms with E-state index in [1.165, 1.54) is 17.7 Å². The highest BCUT2D eigenvalue weighted by Crippen LogP contribution is 2.40. The summed E-state index contributed by atoms with van der Waals surface area (Å²) in [5.74, 6) is -0.241. The fourth-order valence-electron chi connectivity index (χ4n) is 3.01. The normalized spacial score (nSPS) is 15.5. The lowest BCUT2D eigenvalue weighted by Crippen LogP contribution is -2.54. The van der Waals surface area contributed by atoms with Crippen molar-refractivity contribution in [1.82, 2.24) is 10.6 Å². The number of carbonyl (C=O) groups excluding carboxylic acids is 1. The lowest BCUT2D eigenvalue weighted by molar-refractivity contribution is 0.177. The second-order valence-electron chi connectivity index (χ2n) is 6.06. The predicted octanol–water partition coefficient (Wildman–Crippen LogP) is 3.75. The van der Waals surface area contributed by atoms with Crippen LogP contribution in [-0.2, 0) is 12.0 Å². The molecule has 3 rings (SSSR count). The first-order valence-corrected chi connectivity index (χ1v) is 8.04. The van der Waals surface area contributed by atoms with Crippen molar-refractivity contribution in [3.05, 3.63) is 71.5 Å². The summed E-state index contributed by atoms with van der Waals surface area (Å²) in [6.07, 6.45) is 3.77. The molecule has 2 aromatic carbocycles. The minimum atomic E-state index is -0.241. The van der Waals surface area contributed by atoms with Gasteiger partial charge < -0.3 is 10.6 Å². The summed E-state index contributed by atoms with van der Waals surface area (Å²) in [6.45, 7) is 0.530. The molecule has 0 aromatic heterocycles. The van der Waals surface area contributed by atoms with Crippen LogP contribution in [0.1, 0.15) is 30.4 Å². The molecule has 0 unspecified atom stereocenters. The summed E-state index contributed by atoms with van der Waals surface area (Å²) >= 11 is 0. The molecule has 0 aliphatic heterocycles. The third kappa shape index (κ3) is 3.70. The fraction of sp³-hybridized carbons (Fsp3) is 0.316. The van der Waals surface area contributed by atoms with Crippen molar-refractivity contribution in [1.29, 1.82) is 0 Å². The van der Waals surface area contributed by atoms with Gasteiger partial charge in [-0.05, 0) is 48.9 Å². The zero-order chi connectivity index (χ0) is 16.1. The third-order valence-electron chi connectivity index (χ3n) is 4.50. The molecule has 0 bridgehead atoms. The monoisotopic (exact) mass is 312 g/mol. The van der Waals surface area contributed by atoms with Gasteiger partial charge in [-0.15, -0.1) is 0 Å². The van der Waals surface area contributed by atoms with Crippen LogP contribution < -0.4 is 10.6 Å². The Morgan fingerprint density at radius 3 is 2.35 bits per heavy atom. The van der Waals surface area contributed by atoms with Crippen molar-refractivity contribution in [3.63, 3.8) is 0 Å². The van der Waals surface area contributed by atoms with Crippen molar-refractivity contribution in [2.24, 2.45) is 0 Å². The van der Waals surface area contributed by atoms with Crippen molar-refractivity contribution >= 4 is 6.03 Å². The average molecular weight is 312 g/mol. The number of hydrogen-bond acceptors (Lipinski definition) is 1. The molecule has 0 spiro atoms. The highest BCUT2D eigenvalue weighted by molar-refractivity contribution is 5.75. The van der Waals surface area contributed by atoms with Gasteiger partial charge in [-0.3, -0.25) is 0 Å². The standard InChI is InChI=1S/C19H21FN2O/c20-17-9-7-15(8-10-17)11-14-21-18(23)22-19(12-4-13-19)16-5-2-1-3-6-16/h1-3,5-10H,4,11-14H2,(H2,21,22,23). The van der Waals surface area contributed by atoms with E-state index in [1.807, 2.05) is 18.2 Å². The Morgan fingerprint density at radius 1 is 1.04 bits per heavy atom. The number of carbonyl (C=O) groups is 1. The first-order valence-electron chi connectivity index (χ1n) is 8.04. The highest BCUT2D eigenvalue weighted by atomic mass is 19.1. The number of nitrogens with one attached hydrogen (secondary N) is 2. The topological polar surface area (TPSA) is 41.1 Å².